The Kier molecular flexibility index (Phi) is 4.91. The summed E-state index contributed by atoms with van der Waals surface area (Å²) in [7, 11) is 0. The van der Waals surface area contributed by atoms with Gasteiger partial charge in [-0.3, -0.25) is 0 Å². The Hall–Kier alpha value is -0.830. The lowest BCUT2D eigenvalue weighted by Crippen LogP contribution is -2.34. The van der Waals surface area contributed by atoms with Gasteiger partial charge in [0.05, 0.1) is 16.7 Å². The average Bonchev–Trinajstić information content (AvgIpc) is 2.88. The van der Waals surface area contributed by atoms with Crippen molar-refractivity contribution in [1.29, 1.82) is 0 Å². The van der Waals surface area contributed by atoms with E-state index >= 15 is 0 Å². The van der Waals surface area contributed by atoms with Gasteiger partial charge in [0.25, 0.3) is 5.03 Å². The van der Waals surface area contributed by atoms with Crippen LogP contribution in [0.2, 0.25) is 0 Å². The number of hydrogen-bond acceptors (Lipinski definition) is 5. The zero-order valence-corrected chi connectivity index (χ0v) is 14.7. The summed E-state index contributed by atoms with van der Waals surface area (Å²) >= 11 is 2.26. The molecule has 2 heterocycles. The first kappa shape index (κ1) is 16.0. The lowest BCUT2D eigenvalue weighted by Gasteiger charge is -2.31. The van der Waals surface area contributed by atoms with Crippen LogP contribution in [0.25, 0.3) is 5.65 Å². The number of rotatable bonds is 4. The van der Waals surface area contributed by atoms with Gasteiger partial charge < -0.3 is 15.0 Å². The van der Waals surface area contributed by atoms with E-state index in [9.17, 15) is 9.66 Å². The van der Waals surface area contributed by atoms with Crippen LogP contribution in [0, 0.1) is 5.92 Å². The molecule has 3 atom stereocenters. The smallest absolute Gasteiger partial charge is 0.251 e. The minimum Gasteiger partial charge on any atom is -0.610 e. The van der Waals surface area contributed by atoms with Gasteiger partial charge in [0.15, 0.2) is 5.65 Å². The first-order chi connectivity index (χ1) is 10.6. The minimum absolute atomic E-state index is 0.183. The predicted molar refractivity (Wildman–Crippen MR) is 89.5 cm³/mol. The maximum Gasteiger partial charge on any atom is 0.251 e. The van der Waals surface area contributed by atoms with Gasteiger partial charge in [0.1, 0.15) is 12.1 Å². The molecule has 2 aromatic heterocycles. The third-order valence-corrected chi connectivity index (χ3v) is 5.61. The third-order valence-electron chi connectivity index (χ3n) is 4.17. The third kappa shape index (κ3) is 3.10. The number of fused-ring (bicyclic) bond motifs is 1. The normalized spacial score (nSPS) is 23.6. The predicted octanol–water partition coefficient (Wildman–Crippen LogP) is 2.19. The van der Waals surface area contributed by atoms with E-state index in [4.69, 9.17) is 0 Å². The quantitative estimate of drug-likeness (QED) is 0.621. The van der Waals surface area contributed by atoms with Gasteiger partial charge in [-0.25, -0.2) is 4.98 Å². The van der Waals surface area contributed by atoms with Crippen molar-refractivity contribution in [3.05, 3.63) is 16.7 Å². The highest BCUT2D eigenvalue weighted by atomic mass is 79.9. The molecule has 1 aliphatic carbocycles. The van der Waals surface area contributed by atoms with Crippen LogP contribution in [-0.2, 0) is 11.2 Å². The Labute approximate surface area is 140 Å². The molecule has 8 heteroatoms. The van der Waals surface area contributed by atoms with Crippen LogP contribution in [-0.4, -0.2) is 43.2 Å². The molecule has 120 valence electrons. The molecular weight excluding hydrogens is 368 g/mol. The molecule has 1 unspecified atom stereocenters. The molecule has 3 rings (SSSR count). The van der Waals surface area contributed by atoms with Crippen LogP contribution in [0.4, 0.5) is 5.82 Å². The molecule has 6 nitrogen and oxygen atoms in total. The Balaban J connectivity index is 1.94. The summed E-state index contributed by atoms with van der Waals surface area (Å²) in [6.45, 7) is 0.183. The Bertz CT molecular complexity index is 664. The van der Waals surface area contributed by atoms with Gasteiger partial charge in [0, 0.05) is 29.7 Å². The van der Waals surface area contributed by atoms with Gasteiger partial charge in [-0.05, 0) is 28.8 Å². The average molecular weight is 387 g/mol. The van der Waals surface area contributed by atoms with Crippen molar-refractivity contribution >= 4 is 38.6 Å². The van der Waals surface area contributed by atoms with Gasteiger partial charge in [-0.15, -0.1) is 0 Å². The van der Waals surface area contributed by atoms with E-state index in [1.54, 1.807) is 23.0 Å². The maximum atomic E-state index is 12.0. The lowest BCUT2D eigenvalue weighted by molar-refractivity contribution is 0.178. The highest BCUT2D eigenvalue weighted by molar-refractivity contribution is 9.10. The van der Waals surface area contributed by atoms with Crippen LogP contribution in [0.1, 0.15) is 25.7 Å². The lowest BCUT2D eigenvalue weighted by atomic mass is 9.85. The van der Waals surface area contributed by atoms with Gasteiger partial charge in [-0.1, -0.05) is 12.8 Å². The highest BCUT2D eigenvalue weighted by Gasteiger charge is 2.26. The number of aromatic nitrogens is 3. The molecule has 0 amide bonds. The zero-order valence-electron chi connectivity index (χ0n) is 12.3. The molecule has 2 aromatic rings. The van der Waals surface area contributed by atoms with Crippen molar-refractivity contribution in [1.82, 2.24) is 14.6 Å². The first-order valence-electron chi connectivity index (χ1n) is 7.35. The molecule has 22 heavy (non-hydrogen) atoms. The van der Waals surface area contributed by atoms with E-state index in [2.05, 4.69) is 31.3 Å². The van der Waals surface area contributed by atoms with E-state index in [0.717, 1.165) is 30.2 Å². The van der Waals surface area contributed by atoms with Crippen molar-refractivity contribution < 1.29 is 9.66 Å². The van der Waals surface area contributed by atoms with Crippen LogP contribution >= 0.6 is 15.9 Å². The highest BCUT2D eigenvalue weighted by Crippen LogP contribution is 2.28. The first-order valence-corrected chi connectivity index (χ1v) is 9.70. The monoisotopic (exact) mass is 386 g/mol. The Morgan fingerprint density at radius 1 is 1.50 bits per heavy atom. The number of nitrogens with one attached hydrogen (secondary N) is 1. The summed E-state index contributed by atoms with van der Waals surface area (Å²) in [4.78, 5) is 4.57. The second-order valence-electron chi connectivity index (χ2n) is 5.64. The second-order valence-corrected chi connectivity index (χ2v) is 7.82. The summed E-state index contributed by atoms with van der Waals surface area (Å²) in [6.07, 6.45) is 7.64. The fourth-order valence-electron chi connectivity index (χ4n) is 2.99. The minimum atomic E-state index is -1.17. The molecule has 0 aromatic carbocycles. The molecular formula is C14H19BrN4O2S. The summed E-state index contributed by atoms with van der Waals surface area (Å²) < 4.78 is 14.3. The van der Waals surface area contributed by atoms with Gasteiger partial charge in [-0.2, -0.15) is 9.61 Å². The van der Waals surface area contributed by atoms with Crippen LogP contribution in [0.15, 0.2) is 21.8 Å². The fourth-order valence-corrected chi connectivity index (χ4v) is 4.00. The van der Waals surface area contributed by atoms with Crippen molar-refractivity contribution in [2.45, 2.75) is 36.8 Å². The second kappa shape index (κ2) is 6.74. The molecule has 1 aliphatic rings. The number of nitrogens with zero attached hydrogens (tertiary/aromatic N) is 3. The Morgan fingerprint density at radius 2 is 2.27 bits per heavy atom. The zero-order chi connectivity index (χ0) is 15.7. The maximum absolute atomic E-state index is 12.0. The summed E-state index contributed by atoms with van der Waals surface area (Å²) in [5, 5.41) is 17.8. The van der Waals surface area contributed by atoms with Crippen molar-refractivity contribution in [3.8, 4) is 0 Å². The van der Waals surface area contributed by atoms with Crippen molar-refractivity contribution in [3.63, 3.8) is 0 Å². The molecule has 1 fully saturated rings. The Morgan fingerprint density at radius 3 is 3.00 bits per heavy atom. The molecule has 0 radical (unpaired) electrons. The van der Waals surface area contributed by atoms with Gasteiger partial charge in [0.2, 0.25) is 0 Å². The van der Waals surface area contributed by atoms with E-state index in [0.29, 0.717) is 16.5 Å². The van der Waals surface area contributed by atoms with Crippen molar-refractivity contribution in [2.24, 2.45) is 5.92 Å². The topological polar surface area (TPSA) is 85.5 Å². The number of aliphatic hydroxyl groups excluding tert-OH is 1. The van der Waals surface area contributed by atoms with Crippen LogP contribution < -0.4 is 5.32 Å². The largest absolute Gasteiger partial charge is 0.610 e. The number of hydrogen-bond donors (Lipinski definition) is 2. The van der Waals surface area contributed by atoms with Crippen LogP contribution in [0.5, 0.6) is 0 Å². The summed E-state index contributed by atoms with van der Waals surface area (Å²) in [5.74, 6) is 0.931. The van der Waals surface area contributed by atoms with Gasteiger partial charge >= 0.3 is 0 Å². The van der Waals surface area contributed by atoms with E-state index in [1.807, 2.05) is 0 Å². The molecule has 0 saturated heterocycles. The standard InChI is InChI=1S/C14H19BrN4O2S/c1-22(21)13-6-12(18-14-10(15)7-16-19(13)14)17-11-5-3-2-4-9(11)8-20/h6-7,9,11,20H,2-5,8H2,1H3,(H,17,18)/t9-,11-,22?/m0/s1. The SMILES string of the molecule is C[S+]([O-])c1cc(N[C@H]2CCCC[C@H]2CO)nc2c(Br)cnn12. The van der Waals surface area contributed by atoms with Crippen LogP contribution in [0.3, 0.4) is 0 Å². The molecule has 0 aliphatic heterocycles. The summed E-state index contributed by atoms with van der Waals surface area (Å²) in [5.41, 5.74) is 0.645. The van der Waals surface area contributed by atoms with E-state index < -0.39 is 11.2 Å². The molecule has 1 saturated carbocycles. The number of halogens is 1. The number of aliphatic hydroxyl groups is 1. The van der Waals surface area contributed by atoms with E-state index in [-0.39, 0.29) is 18.6 Å². The van der Waals surface area contributed by atoms with Crippen molar-refractivity contribution in [2.75, 3.05) is 18.2 Å². The molecule has 0 bridgehead atoms. The summed E-state index contributed by atoms with van der Waals surface area (Å²) in [6, 6.07) is 1.99. The van der Waals surface area contributed by atoms with E-state index in [1.165, 1.54) is 0 Å². The molecule has 0 spiro atoms. The fraction of sp³-hybridized carbons (Fsp3) is 0.571. The number of anilines is 1. The molecule has 2 N–H and O–H groups in total.